The van der Waals surface area contributed by atoms with Crippen LogP contribution in [0, 0.1) is 5.82 Å². The number of urea groups is 2. The molecule has 1 aromatic heterocycles. The fourth-order valence-corrected chi connectivity index (χ4v) is 6.86. The van der Waals surface area contributed by atoms with Crippen molar-refractivity contribution in [3.8, 4) is 5.75 Å². The molecule has 1 spiro atoms. The number of benzene rings is 2. The van der Waals surface area contributed by atoms with Crippen LogP contribution < -0.4 is 15.4 Å². The summed E-state index contributed by atoms with van der Waals surface area (Å²) in [5, 5.41) is 17.6. The van der Waals surface area contributed by atoms with Gasteiger partial charge in [-0.3, -0.25) is 0 Å². The van der Waals surface area contributed by atoms with E-state index in [4.69, 9.17) is 4.74 Å². The SMILES string of the molecule is COc1ccc2c3c([nH]c2c1)[C@@H](CO)N(C(=O)NC1CCCC1)CC31CCN(C(=O)Nc2cccc(F)c2)CC1. The van der Waals surface area contributed by atoms with Crippen LogP contribution >= 0.6 is 0 Å². The average Bonchev–Trinajstić information content (AvgIpc) is 3.61. The maximum absolute atomic E-state index is 13.6. The van der Waals surface area contributed by atoms with Crippen molar-refractivity contribution in [1.82, 2.24) is 20.1 Å². The quantitative estimate of drug-likeness (QED) is 0.372. The lowest BCUT2D eigenvalue weighted by atomic mass is 9.68. The number of methoxy groups -OCH3 is 1. The second-order valence-electron chi connectivity index (χ2n) is 11.3. The lowest BCUT2D eigenvalue weighted by molar-refractivity contribution is 0.0737. The van der Waals surface area contributed by atoms with Gasteiger partial charge in [0.15, 0.2) is 0 Å². The molecule has 1 saturated heterocycles. The topological polar surface area (TPSA) is 110 Å². The number of fused-ring (bicyclic) bond motifs is 4. The molecule has 3 heterocycles. The average molecular weight is 550 g/mol. The molecule has 10 heteroatoms. The standard InChI is InChI=1S/C30H36FN5O4/c1-40-22-9-10-23-24(16-22)34-27-25(17-37)36(29(39)32-20-6-2-3-7-20)18-30(26(23)27)11-13-35(14-12-30)28(38)33-21-8-4-5-19(31)15-21/h4-5,8-10,15-16,20,25,34,37H,2-3,6-7,11-14,17-18H2,1H3,(H,32,39)(H,33,38)/t25-/m1/s1. The van der Waals surface area contributed by atoms with Gasteiger partial charge in [-0.1, -0.05) is 18.9 Å². The zero-order chi connectivity index (χ0) is 27.9. The number of H-pyrrole nitrogens is 1. The molecule has 3 aromatic rings. The van der Waals surface area contributed by atoms with Crippen molar-refractivity contribution in [2.45, 2.75) is 56.0 Å². The van der Waals surface area contributed by atoms with E-state index < -0.39 is 17.3 Å². The third-order valence-electron chi connectivity index (χ3n) is 8.95. The number of aromatic nitrogens is 1. The van der Waals surface area contributed by atoms with Crippen molar-refractivity contribution >= 4 is 28.7 Å². The van der Waals surface area contributed by atoms with E-state index in [2.05, 4.69) is 15.6 Å². The van der Waals surface area contributed by atoms with E-state index >= 15 is 0 Å². The van der Waals surface area contributed by atoms with E-state index in [1.54, 1.807) is 29.0 Å². The van der Waals surface area contributed by atoms with Gasteiger partial charge in [-0.05, 0) is 61.6 Å². The molecule has 3 aliphatic rings. The predicted molar refractivity (Wildman–Crippen MR) is 150 cm³/mol. The summed E-state index contributed by atoms with van der Waals surface area (Å²) in [5.74, 6) is 0.316. The second kappa shape index (κ2) is 10.6. The Morgan fingerprint density at radius 1 is 1.12 bits per heavy atom. The van der Waals surface area contributed by atoms with Crippen molar-refractivity contribution in [3.05, 3.63) is 59.5 Å². The predicted octanol–water partition coefficient (Wildman–Crippen LogP) is 4.88. The molecule has 2 aromatic carbocycles. The highest BCUT2D eigenvalue weighted by molar-refractivity contribution is 5.90. The van der Waals surface area contributed by atoms with Crippen LogP contribution in [0.5, 0.6) is 5.75 Å². The molecule has 0 unspecified atom stereocenters. The van der Waals surface area contributed by atoms with E-state index in [1.165, 1.54) is 12.1 Å². The van der Waals surface area contributed by atoms with E-state index in [-0.39, 0.29) is 24.7 Å². The minimum absolute atomic E-state index is 0.154. The van der Waals surface area contributed by atoms with Crippen LogP contribution in [0.25, 0.3) is 10.9 Å². The monoisotopic (exact) mass is 549 g/mol. The van der Waals surface area contributed by atoms with Crippen LogP contribution in [0.15, 0.2) is 42.5 Å². The minimum Gasteiger partial charge on any atom is -0.497 e. The number of aromatic amines is 1. The van der Waals surface area contributed by atoms with Crippen molar-refractivity contribution in [3.63, 3.8) is 0 Å². The van der Waals surface area contributed by atoms with Gasteiger partial charge in [-0.2, -0.15) is 0 Å². The van der Waals surface area contributed by atoms with Crippen LogP contribution in [0.4, 0.5) is 19.7 Å². The zero-order valence-corrected chi connectivity index (χ0v) is 22.7. The Bertz CT molecular complexity index is 1410. The Morgan fingerprint density at radius 2 is 1.90 bits per heavy atom. The number of nitrogens with zero attached hydrogens (tertiary/aromatic N) is 2. The van der Waals surface area contributed by atoms with Crippen molar-refractivity contribution in [1.29, 1.82) is 0 Å². The van der Waals surface area contributed by atoms with Crippen LogP contribution in [0.2, 0.25) is 0 Å². The molecule has 4 N–H and O–H groups in total. The number of anilines is 1. The summed E-state index contributed by atoms with van der Waals surface area (Å²) in [4.78, 5) is 33.8. The number of ether oxygens (including phenoxy) is 1. The number of carbonyl (C=O) groups is 2. The number of halogens is 1. The molecule has 2 aliphatic heterocycles. The molecule has 212 valence electrons. The first-order chi connectivity index (χ1) is 19.4. The molecule has 0 bridgehead atoms. The van der Waals surface area contributed by atoms with Gasteiger partial charge in [-0.25, -0.2) is 14.0 Å². The van der Waals surface area contributed by atoms with Crippen molar-refractivity contribution in [2.24, 2.45) is 0 Å². The van der Waals surface area contributed by atoms with Crippen LogP contribution in [-0.2, 0) is 5.41 Å². The summed E-state index contributed by atoms with van der Waals surface area (Å²) < 4.78 is 19.1. The highest BCUT2D eigenvalue weighted by Crippen LogP contribution is 2.49. The zero-order valence-electron chi connectivity index (χ0n) is 22.7. The van der Waals surface area contributed by atoms with E-state index in [1.807, 2.05) is 18.2 Å². The first-order valence-corrected chi connectivity index (χ1v) is 14.1. The summed E-state index contributed by atoms with van der Waals surface area (Å²) in [6, 6.07) is 11.0. The lowest BCUT2D eigenvalue weighted by Gasteiger charge is -2.50. The van der Waals surface area contributed by atoms with Gasteiger partial charge in [0.25, 0.3) is 0 Å². The minimum atomic E-state index is -0.505. The smallest absolute Gasteiger partial charge is 0.321 e. The molecule has 9 nitrogen and oxygen atoms in total. The molecule has 1 aliphatic carbocycles. The maximum Gasteiger partial charge on any atom is 0.321 e. The molecule has 4 amide bonds. The van der Waals surface area contributed by atoms with Gasteiger partial charge in [-0.15, -0.1) is 0 Å². The number of hydrogen-bond donors (Lipinski definition) is 4. The molecule has 1 saturated carbocycles. The molecule has 2 fully saturated rings. The summed E-state index contributed by atoms with van der Waals surface area (Å²) >= 11 is 0. The van der Waals surface area contributed by atoms with Gasteiger partial charge in [0.1, 0.15) is 11.6 Å². The van der Waals surface area contributed by atoms with Gasteiger partial charge < -0.3 is 35.3 Å². The Balaban J connectivity index is 1.32. The largest absolute Gasteiger partial charge is 0.497 e. The first-order valence-electron chi connectivity index (χ1n) is 14.1. The van der Waals surface area contributed by atoms with Gasteiger partial charge in [0.2, 0.25) is 0 Å². The number of carbonyl (C=O) groups excluding carboxylic acids is 2. The first kappa shape index (κ1) is 26.4. The summed E-state index contributed by atoms with van der Waals surface area (Å²) in [5.41, 5.74) is 2.86. The third kappa shape index (κ3) is 4.74. The number of amides is 4. The number of rotatable bonds is 4. The Labute approximate surface area is 232 Å². The number of likely N-dealkylation sites (tertiary alicyclic amines) is 1. The van der Waals surface area contributed by atoms with Crippen molar-refractivity contribution in [2.75, 3.05) is 38.7 Å². The summed E-state index contributed by atoms with van der Waals surface area (Å²) in [6.07, 6.45) is 5.45. The number of hydrogen-bond acceptors (Lipinski definition) is 4. The fourth-order valence-electron chi connectivity index (χ4n) is 6.86. The molecule has 1 atom stereocenters. The Morgan fingerprint density at radius 3 is 2.60 bits per heavy atom. The molecular weight excluding hydrogens is 513 g/mol. The number of piperidine rings is 1. The molecule has 0 radical (unpaired) electrons. The van der Waals surface area contributed by atoms with Gasteiger partial charge >= 0.3 is 12.1 Å². The molecular formula is C30H36FN5O4. The van der Waals surface area contributed by atoms with Gasteiger partial charge in [0, 0.05) is 59.4 Å². The van der Waals surface area contributed by atoms with E-state index in [0.717, 1.165) is 53.6 Å². The van der Waals surface area contributed by atoms with Gasteiger partial charge in [0.05, 0.1) is 19.8 Å². The van der Waals surface area contributed by atoms with E-state index in [9.17, 15) is 19.1 Å². The summed E-state index contributed by atoms with van der Waals surface area (Å²) in [6.45, 7) is 1.20. The Kier molecular flexibility index (Phi) is 7.04. The van der Waals surface area contributed by atoms with Crippen LogP contribution in [0.3, 0.4) is 0 Å². The van der Waals surface area contributed by atoms with Crippen LogP contribution in [-0.4, -0.2) is 71.3 Å². The highest BCUT2D eigenvalue weighted by Gasteiger charge is 2.49. The maximum atomic E-state index is 13.6. The van der Waals surface area contributed by atoms with Crippen LogP contribution in [0.1, 0.15) is 55.8 Å². The van der Waals surface area contributed by atoms with Crippen molar-refractivity contribution < 1.29 is 23.8 Å². The summed E-state index contributed by atoms with van der Waals surface area (Å²) in [7, 11) is 1.63. The normalized spacial score (nSPS) is 20.5. The number of aliphatic hydroxyl groups is 1. The second-order valence-corrected chi connectivity index (χ2v) is 11.3. The fraction of sp³-hybridized carbons (Fsp3) is 0.467. The Hall–Kier alpha value is -3.79. The lowest BCUT2D eigenvalue weighted by Crippen LogP contribution is -2.58. The van der Waals surface area contributed by atoms with E-state index in [0.29, 0.717) is 38.2 Å². The number of nitrogens with one attached hydrogen (secondary N) is 3. The molecule has 6 rings (SSSR count). The number of aliphatic hydroxyl groups excluding tert-OH is 1. The molecule has 40 heavy (non-hydrogen) atoms. The third-order valence-corrected chi connectivity index (χ3v) is 8.95. The highest BCUT2D eigenvalue weighted by atomic mass is 19.1.